The van der Waals surface area contributed by atoms with Crippen molar-refractivity contribution in [3.63, 3.8) is 0 Å². The van der Waals surface area contributed by atoms with Gasteiger partial charge in [-0.25, -0.2) is 27.9 Å². The van der Waals surface area contributed by atoms with Gasteiger partial charge in [-0.15, -0.1) is 0 Å². The first-order valence-electron chi connectivity index (χ1n) is 10.3. The largest absolute Gasteiger partial charge is 0.382 e. The number of fused-ring (bicyclic) bond motifs is 1. The van der Waals surface area contributed by atoms with E-state index in [4.69, 9.17) is 10.5 Å². The molecular formula is C21H28N6O4S. The molecule has 0 aliphatic rings. The number of ether oxygens (including phenoxy) is 1. The Labute approximate surface area is 187 Å². The molecule has 1 aromatic carbocycles. The van der Waals surface area contributed by atoms with E-state index in [0.29, 0.717) is 37.5 Å². The standard InChI is InChI=1S/C21H28N6O4S/c1-4-31-13-17-25-18-19(14(2)15(3)24-20(18)22)27(17)12-8-11-23-21(28)26-32(29,30)16-9-6-5-7-10-16/h5-7,9-10H,4,8,11-13H2,1-3H3,(H2,22,24)(H2,23,26,28). The Morgan fingerprint density at radius 1 is 1.19 bits per heavy atom. The average molecular weight is 461 g/mol. The van der Waals surface area contributed by atoms with E-state index in [1.165, 1.54) is 12.1 Å². The van der Waals surface area contributed by atoms with Crippen LogP contribution in [0.5, 0.6) is 0 Å². The van der Waals surface area contributed by atoms with E-state index >= 15 is 0 Å². The zero-order chi connectivity index (χ0) is 23.3. The molecule has 10 nitrogen and oxygen atoms in total. The number of urea groups is 1. The van der Waals surface area contributed by atoms with Crippen molar-refractivity contribution in [3.8, 4) is 0 Å². The number of nitrogens with two attached hydrogens (primary N) is 1. The van der Waals surface area contributed by atoms with Gasteiger partial charge in [0.15, 0.2) is 5.82 Å². The van der Waals surface area contributed by atoms with Gasteiger partial charge in [-0.3, -0.25) is 0 Å². The van der Waals surface area contributed by atoms with Crippen molar-refractivity contribution in [1.29, 1.82) is 0 Å². The van der Waals surface area contributed by atoms with Crippen LogP contribution >= 0.6 is 0 Å². The van der Waals surface area contributed by atoms with Crippen molar-refractivity contribution in [2.45, 2.75) is 45.2 Å². The number of hydrogen-bond donors (Lipinski definition) is 3. The first kappa shape index (κ1) is 23.5. The van der Waals surface area contributed by atoms with Gasteiger partial charge in [0.05, 0.1) is 10.4 Å². The van der Waals surface area contributed by atoms with Crippen LogP contribution in [0.1, 0.15) is 30.4 Å². The maximum Gasteiger partial charge on any atom is 0.328 e. The molecule has 4 N–H and O–H groups in total. The van der Waals surface area contributed by atoms with E-state index in [2.05, 4.69) is 15.3 Å². The van der Waals surface area contributed by atoms with Crippen LogP contribution in [-0.4, -0.2) is 42.1 Å². The number of carbonyl (C=O) groups is 1. The molecule has 0 saturated carbocycles. The average Bonchev–Trinajstić information content (AvgIpc) is 3.13. The van der Waals surface area contributed by atoms with Crippen molar-refractivity contribution in [1.82, 2.24) is 24.6 Å². The van der Waals surface area contributed by atoms with Crippen molar-refractivity contribution < 1.29 is 17.9 Å². The second kappa shape index (κ2) is 9.96. The number of hydrogen-bond acceptors (Lipinski definition) is 7. The number of aromatic nitrogens is 3. The van der Waals surface area contributed by atoms with Crippen LogP contribution in [-0.2, 0) is 27.9 Å². The SMILES string of the molecule is CCOCc1nc2c(N)nc(C)c(C)c2n1CCCNC(=O)NS(=O)(=O)c1ccccc1. The van der Waals surface area contributed by atoms with Gasteiger partial charge >= 0.3 is 6.03 Å². The summed E-state index contributed by atoms with van der Waals surface area (Å²) in [7, 11) is -3.92. The highest BCUT2D eigenvalue weighted by atomic mass is 32.2. The lowest BCUT2D eigenvalue weighted by atomic mass is 10.2. The van der Waals surface area contributed by atoms with Gasteiger partial charge in [0, 0.05) is 25.4 Å². The monoisotopic (exact) mass is 460 g/mol. The topological polar surface area (TPSA) is 141 Å². The lowest BCUT2D eigenvalue weighted by Gasteiger charge is -2.13. The molecule has 0 unspecified atom stereocenters. The van der Waals surface area contributed by atoms with Gasteiger partial charge in [0.2, 0.25) is 0 Å². The summed E-state index contributed by atoms with van der Waals surface area (Å²) < 4.78 is 34.1. The zero-order valence-corrected chi connectivity index (χ0v) is 19.2. The van der Waals surface area contributed by atoms with Crippen molar-refractivity contribution in [2.24, 2.45) is 0 Å². The number of pyridine rings is 1. The number of nitrogen functional groups attached to an aromatic ring is 1. The number of benzene rings is 1. The van der Waals surface area contributed by atoms with Gasteiger partial charge < -0.3 is 20.4 Å². The van der Waals surface area contributed by atoms with Gasteiger partial charge in [-0.1, -0.05) is 18.2 Å². The Morgan fingerprint density at radius 3 is 2.59 bits per heavy atom. The summed E-state index contributed by atoms with van der Waals surface area (Å²) in [5, 5.41) is 2.59. The molecule has 0 atom stereocenters. The Hall–Kier alpha value is -3.18. The van der Waals surface area contributed by atoms with Gasteiger partial charge in [-0.2, -0.15) is 0 Å². The quantitative estimate of drug-likeness (QED) is 0.416. The first-order chi connectivity index (χ1) is 15.2. The zero-order valence-electron chi connectivity index (χ0n) is 18.4. The number of aryl methyl sites for hydroxylation is 3. The van der Waals surface area contributed by atoms with E-state index in [-0.39, 0.29) is 11.4 Å². The van der Waals surface area contributed by atoms with Crippen molar-refractivity contribution >= 4 is 32.9 Å². The van der Waals surface area contributed by atoms with E-state index in [9.17, 15) is 13.2 Å². The molecule has 0 aliphatic carbocycles. The highest BCUT2D eigenvalue weighted by Crippen LogP contribution is 2.26. The fourth-order valence-corrected chi connectivity index (χ4v) is 4.30. The Bertz CT molecular complexity index is 1210. The molecule has 2 aromatic heterocycles. The molecule has 0 spiro atoms. The predicted molar refractivity (Wildman–Crippen MR) is 122 cm³/mol. The number of amides is 2. The van der Waals surface area contributed by atoms with E-state index in [0.717, 1.165) is 22.6 Å². The molecule has 3 aromatic rings. The molecule has 32 heavy (non-hydrogen) atoms. The fraction of sp³-hybridized carbons (Fsp3) is 0.381. The number of anilines is 1. The number of rotatable bonds is 9. The Morgan fingerprint density at radius 2 is 1.91 bits per heavy atom. The van der Waals surface area contributed by atoms with Crippen LogP contribution in [0.25, 0.3) is 11.0 Å². The lowest BCUT2D eigenvalue weighted by Crippen LogP contribution is -2.39. The van der Waals surface area contributed by atoms with Crippen LogP contribution in [0.15, 0.2) is 35.2 Å². The van der Waals surface area contributed by atoms with E-state index < -0.39 is 16.1 Å². The Balaban J connectivity index is 1.67. The number of sulfonamides is 1. The maximum atomic E-state index is 12.2. The lowest BCUT2D eigenvalue weighted by molar-refractivity contribution is 0.126. The molecule has 0 bridgehead atoms. The second-order valence-electron chi connectivity index (χ2n) is 7.25. The summed E-state index contributed by atoms with van der Waals surface area (Å²) in [5.74, 6) is 1.09. The summed E-state index contributed by atoms with van der Waals surface area (Å²) in [4.78, 5) is 21.1. The van der Waals surface area contributed by atoms with Crippen LogP contribution in [0.2, 0.25) is 0 Å². The third kappa shape index (κ3) is 5.17. The van der Waals surface area contributed by atoms with Crippen LogP contribution in [0.4, 0.5) is 10.6 Å². The number of nitrogens with one attached hydrogen (secondary N) is 2. The minimum Gasteiger partial charge on any atom is -0.382 e. The summed E-state index contributed by atoms with van der Waals surface area (Å²) in [6, 6.07) is 6.95. The number of nitrogens with zero attached hydrogens (tertiary/aromatic N) is 3. The fourth-order valence-electron chi connectivity index (χ4n) is 3.35. The minimum atomic E-state index is -3.92. The smallest absolute Gasteiger partial charge is 0.328 e. The van der Waals surface area contributed by atoms with Crippen molar-refractivity contribution in [3.05, 3.63) is 47.4 Å². The predicted octanol–water partition coefficient (Wildman–Crippen LogP) is 2.25. The molecule has 0 fully saturated rings. The molecule has 0 radical (unpaired) electrons. The molecule has 2 amide bonds. The third-order valence-corrected chi connectivity index (χ3v) is 6.38. The Kier molecular flexibility index (Phi) is 7.31. The second-order valence-corrected chi connectivity index (χ2v) is 8.93. The normalized spacial score (nSPS) is 11.6. The summed E-state index contributed by atoms with van der Waals surface area (Å²) in [6.07, 6.45) is 0.546. The van der Waals surface area contributed by atoms with Crippen LogP contribution < -0.4 is 15.8 Å². The highest BCUT2D eigenvalue weighted by Gasteiger charge is 2.19. The molecule has 11 heteroatoms. The van der Waals surface area contributed by atoms with Gasteiger partial charge in [0.25, 0.3) is 10.0 Å². The van der Waals surface area contributed by atoms with E-state index in [1.807, 2.05) is 30.1 Å². The summed E-state index contributed by atoms with van der Waals surface area (Å²) in [6.45, 7) is 7.44. The molecule has 172 valence electrons. The minimum absolute atomic E-state index is 0.0256. The van der Waals surface area contributed by atoms with Crippen LogP contribution in [0, 0.1) is 13.8 Å². The molecule has 3 rings (SSSR count). The number of carbonyl (C=O) groups excluding carboxylic acids is 1. The van der Waals surface area contributed by atoms with Crippen molar-refractivity contribution in [2.75, 3.05) is 18.9 Å². The maximum absolute atomic E-state index is 12.2. The highest BCUT2D eigenvalue weighted by molar-refractivity contribution is 7.90. The molecule has 0 saturated heterocycles. The van der Waals surface area contributed by atoms with Gasteiger partial charge in [0.1, 0.15) is 17.9 Å². The first-order valence-corrected chi connectivity index (χ1v) is 11.8. The summed E-state index contributed by atoms with van der Waals surface area (Å²) >= 11 is 0. The molecule has 0 aliphatic heterocycles. The number of imidazole rings is 1. The third-order valence-electron chi connectivity index (χ3n) is 5.04. The molecular weight excluding hydrogens is 432 g/mol. The molecule has 2 heterocycles. The van der Waals surface area contributed by atoms with Crippen LogP contribution in [0.3, 0.4) is 0 Å². The van der Waals surface area contributed by atoms with Gasteiger partial charge in [-0.05, 0) is 44.9 Å². The summed E-state index contributed by atoms with van der Waals surface area (Å²) in [5.41, 5.74) is 9.40. The van der Waals surface area contributed by atoms with E-state index in [1.54, 1.807) is 18.2 Å².